The van der Waals surface area contributed by atoms with E-state index in [2.05, 4.69) is 17.3 Å². The standard InChI is InChI=1S/C22H16Cl2N2O3/c23-16-3-1-2-13(20(16)24)17-7-4-10(29-17)9-25-26-21(27)18-11-5-6-12(15-8-14(11)15)19(18)22(26)28/h1-7,9,11-12,14-15,18-19H,8H2/b25-9-/t11-,12-,14-,15+,18+,19-/m1/s1. The third-order valence-electron chi connectivity index (χ3n) is 6.78. The van der Waals surface area contributed by atoms with Crippen molar-refractivity contribution in [1.29, 1.82) is 0 Å². The van der Waals surface area contributed by atoms with Crippen LogP contribution >= 0.6 is 23.2 Å². The Kier molecular flexibility index (Phi) is 3.66. The van der Waals surface area contributed by atoms with Crippen molar-refractivity contribution in [2.75, 3.05) is 0 Å². The Morgan fingerprint density at radius 1 is 1.00 bits per heavy atom. The number of hydrogen-bond donors (Lipinski definition) is 0. The van der Waals surface area contributed by atoms with E-state index in [0.29, 0.717) is 39.0 Å². The van der Waals surface area contributed by atoms with E-state index in [1.54, 1.807) is 30.3 Å². The minimum absolute atomic E-state index is 0.187. The smallest absolute Gasteiger partial charge is 0.254 e. The molecule has 0 N–H and O–H groups in total. The molecule has 2 saturated carbocycles. The molecule has 2 heterocycles. The van der Waals surface area contributed by atoms with Gasteiger partial charge in [-0.2, -0.15) is 10.1 Å². The van der Waals surface area contributed by atoms with E-state index in [0.717, 1.165) is 11.4 Å². The first kappa shape index (κ1) is 17.5. The van der Waals surface area contributed by atoms with Crippen molar-refractivity contribution in [2.24, 2.45) is 40.6 Å². The number of allylic oxidation sites excluding steroid dienone is 2. The fraction of sp³-hybridized carbons (Fsp3) is 0.318. The molecule has 0 spiro atoms. The van der Waals surface area contributed by atoms with E-state index in [9.17, 15) is 9.59 Å². The predicted molar refractivity (Wildman–Crippen MR) is 108 cm³/mol. The van der Waals surface area contributed by atoms with Crippen LogP contribution in [0.2, 0.25) is 10.0 Å². The quantitative estimate of drug-likeness (QED) is 0.407. The average molecular weight is 427 g/mol. The van der Waals surface area contributed by atoms with E-state index in [1.165, 1.54) is 6.21 Å². The molecule has 7 heteroatoms. The lowest BCUT2D eigenvalue weighted by Crippen LogP contribution is -2.40. The summed E-state index contributed by atoms with van der Waals surface area (Å²) in [5.74, 6) is 1.59. The molecule has 4 aliphatic carbocycles. The maximum Gasteiger partial charge on any atom is 0.254 e. The molecule has 7 rings (SSSR count). The Bertz CT molecular complexity index is 1090. The predicted octanol–water partition coefficient (Wildman–Crippen LogP) is 4.64. The lowest BCUT2D eigenvalue weighted by Gasteiger charge is -2.37. The molecular weight excluding hydrogens is 411 g/mol. The van der Waals surface area contributed by atoms with Crippen LogP contribution in [-0.4, -0.2) is 23.0 Å². The van der Waals surface area contributed by atoms with Crippen LogP contribution in [0.25, 0.3) is 11.3 Å². The number of rotatable bonds is 3. The second-order valence-electron chi connectivity index (χ2n) is 8.19. The van der Waals surface area contributed by atoms with Crippen LogP contribution < -0.4 is 0 Å². The number of carbonyl (C=O) groups excluding carboxylic acids is 2. The minimum atomic E-state index is -0.254. The maximum absolute atomic E-state index is 12.9. The zero-order valence-corrected chi connectivity index (χ0v) is 16.7. The number of nitrogens with zero attached hydrogens (tertiary/aromatic N) is 2. The zero-order valence-electron chi connectivity index (χ0n) is 15.2. The molecule has 3 fully saturated rings. The van der Waals surface area contributed by atoms with Gasteiger partial charge in [-0.25, -0.2) is 0 Å². The van der Waals surface area contributed by atoms with Crippen LogP contribution in [-0.2, 0) is 9.59 Å². The number of hydrogen-bond acceptors (Lipinski definition) is 4. The Morgan fingerprint density at radius 2 is 1.69 bits per heavy atom. The lowest BCUT2D eigenvalue weighted by molar-refractivity contribution is -0.140. The third kappa shape index (κ3) is 2.44. The molecule has 1 aliphatic heterocycles. The summed E-state index contributed by atoms with van der Waals surface area (Å²) in [6, 6.07) is 8.77. The summed E-state index contributed by atoms with van der Waals surface area (Å²) in [7, 11) is 0. The Hall–Kier alpha value is -2.37. The van der Waals surface area contributed by atoms with Gasteiger partial charge >= 0.3 is 0 Å². The van der Waals surface area contributed by atoms with Gasteiger partial charge in [0.25, 0.3) is 11.8 Å². The molecule has 1 aromatic carbocycles. The van der Waals surface area contributed by atoms with Crippen molar-refractivity contribution in [2.45, 2.75) is 6.42 Å². The molecule has 2 amide bonds. The first-order chi connectivity index (χ1) is 14.0. The highest BCUT2D eigenvalue weighted by Crippen LogP contribution is 2.65. The van der Waals surface area contributed by atoms with Crippen molar-refractivity contribution in [1.82, 2.24) is 5.01 Å². The number of benzene rings is 1. The highest BCUT2D eigenvalue weighted by atomic mass is 35.5. The van der Waals surface area contributed by atoms with Gasteiger partial charge in [0.05, 0.1) is 28.1 Å². The summed E-state index contributed by atoms with van der Waals surface area (Å²) >= 11 is 12.3. The second-order valence-corrected chi connectivity index (χ2v) is 8.98. The number of hydrazone groups is 1. The van der Waals surface area contributed by atoms with E-state index in [1.807, 2.05) is 0 Å². The average Bonchev–Trinajstić information content (AvgIpc) is 3.36. The van der Waals surface area contributed by atoms with Crippen LogP contribution in [0.15, 0.2) is 52.0 Å². The number of carbonyl (C=O) groups is 2. The molecule has 146 valence electrons. The summed E-state index contributed by atoms with van der Waals surface area (Å²) in [4.78, 5) is 25.9. The Labute approximate surface area is 177 Å². The number of furan rings is 1. The van der Waals surface area contributed by atoms with Gasteiger partial charge in [-0.05, 0) is 54.4 Å². The van der Waals surface area contributed by atoms with Crippen LogP contribution in [0.3, 0.4) is 0 Å². The van der Waals surface area contributed by atoms with Gasteiger partial charge in [-0.15, -0.1) is 0 Å². The molecule has 0 radical (unpaired) electrons. The van der Waals surface area contributed by atoms with Gasteiger partial charge < -0.3 is 4.42 Å². The largest absolute Gasteiger partial charge is 0.455 e. The van der Waals surface area contributed by atoms with E-state index < -0.39 is 0 Å². The molecule has 29 heavy (non-hydrogen) atoms. The van der Waals surface area contributed by atoms with E-state index in [-0.39, 0.29) is 35.5 Å². The van der Waals surface area contributed by atoms with E-state index >= 15 is 0 Å². The maximum atomic E-state index is 12.9. The van der Waals surface area contributed by atoms with Gasteiger partial charge in [0, 0.05) is 5.56 Å². The monoisotopic (exact) mass is 426 g/mol. The molecular formula is C22H16Cl2N2O3. The second kappa shape index (κ2) is 6.07. The lowest BCUT2D eigenvalue weighted by atomic mass is 9.63. The van der Waals surface area contributed by atoms with Crippen molar-refractivity contribution >= 4 is 41.2 Å². The fourth-order valence-electron chi connectivity index (χ4n) is 5.43. The first-order valence-corrected chi connectivity index (χ1v) is 10.4. The summed E-state index contributed by atoms with van der Waals surface area (Å²) < 4.78 is 5.78. The summed E-state index contributed by atoms with van der Waals surface area (Å²) in [5.41, 5.74) is 0.667. The van der Waals surface area contributed by atoms with Crippen LogP contribution in [0.1, 0.15) is 12.2 Å². The van der Waals surface area contributed by atoms with Gasteiger partial charge in [0.15, 0.2) is 0 Å². The van der Waals surface area contributed by atoms with Crippen molar-refractivity contribution < 1.29 is 14.0 Å². The van der Waals surface area contributed by atoms with Crippen LogP contribution in [0.4, 0.5) is 0 Å². The zero-order chi connectivity index (χ0) is 19.9. The topological polar surface area (TPSA) is 62.9 Å². The summed E-state index contributed by atoms with van der Waals surface area (Å²) in [5, 5.41) is 6.08. The van der Waals surface area contributed by atoms with Crippen LogP contribution in [0.5, 0.6) is 0 Å². The highest BCUT2D eigenvalue weighted by Gasteiger charge is 2.67. The normalized spacial score (nSPS) is 34.2. The molecule has 1 aromatic heterocycles. The van der Waals surface area contributed by atoms with E-state index in [4.69, 9.17) is 27.6 Å². The van der Waals surface area contributed by atoms with Gasteiger partial charge in [-0.1, -0.05) is 41.4 Å². The molecule has 2 aromatic rings. The van der Waals surface area contributed by atoms with Gasteiger partial charge in [-0.3, -0.25) is 9.59 Å². The van der Waals surface area contributed by atoms with Crippen molar-refractivity contribution in [3.63, 3.8) is 0 Å². The number of amides is 2. The Balaban J connectivity index is 1.26. The Morgan fingerprint density at radius 3 is 2.38 bits per heavy atom. The number of halogens is 2. The fourth-order valence-corrected chi connectivity index (χ4v) is 5.82. The number of imide groups is 1. The third-order valence-corrected chi connectivity index (χ3v) is 7.60. The van der Waals surface area contributed by atoms with Crippen molar-refractivity contribution in [3.05, 3.63) is 58.3 Å². The molecule has 2 bridgehead atoms. The highest BCUT2D eigenvalue weighted by molar-refractivity contribution is 6.43. The molecule has 0 unspecified atom stereocenters. The molecule has 5 aliphatic rings. The molecule has 5 nitrogen and oxygen atoms in total. The van der Waals surface area contributed by atoms with Gasteiger partial charge in [0.1, 0.15) is 11.5 Å². The molecule has 1 saturated heterocycles. The first-order valence-electron chi connectivity index (χ1n) is 9.69. The van der Waals surface area contributed by atoms with Crippen molar-refractivity contribution in [3.8, 4) is 11.3 Å². The summed E-state index contributed by atoms with van der Waals surface area (Å²) in [6.45, 7) is 0. The minimum Gasteiger partial charge on any atom is -0.455 e. The molecule has 6 atom stereocenters. The van der Waals surface area contributed by atoms with Crippen LogP contribution in [0, 0.1) is 35.5 Å². The SMILES string of the molecule is O=C1[C@@H]2[C@@H]3C=C[C@H]([C@H]4C[C@@H]34)[C@@H]2C(=O)N1/N=C\c1ccc(-c2cccc(Cl)c2Cl)o1. The summed E-state index contributed by atoms with van der Waals surface area (Å²) in [6.07, 6.45) is 6.84. The van der Waals surface area contributed by atoms with Gasteiger partial charge in [0.2, 0.25) is 0 Å².